The van der Waals surface area contributed by atoms with E-state index in [2.05, 4.69) is 15.2 Å². The number of hydrogen-bond donors (Lipinski definition) is 1. The lowest BCUT2D eigenvalue weighted by atomic mass is 10.1. The molecule has 0 aliphatic heterocycles. The van der Waals surface area contributed by atoms with E-state index in [0.29, 0.717) is 18.1 Å². The van der Waals surface area contributed by atoms with E-state index in [1.54, 1.807) is 10.9 Å². The number of aromatic nitrogens is 4. The SMILES string of the molecule is Cn1cc(-c2noc(Cc3ccc(N)cc3)n2)cn1. The molecule has 0 unspecified atom stereocenters. The number of benzene rings is 1. The fraction of sp³-hybridized carbons (Fsp3) is 0.154. The topological polar surface area (TPSA) is 82.8 Å². The Bertz CT molecular complexity index is 683. The van der Waals surface area contributed by atoms with Crippen LogP contribution < -0.4 is 5.73 Å². The zero-order valence-corrected chi connectivity index (χ0v) is 10.4. The molecule has 0 aliphatic rings. The zero-order chi connectivity index (χ0) is 13.2. The molecule has 0 fully saturated rings. The van der Waals surface area contributed by atoms with Crippen molar-refractivity contribution in [1.29, 1.82) is 0 Å². The van der Waals surface area contributed by atoms with Crippen molar-refractivity contribution in [3.63, 3.8) is 0 Å². The lowest BCUT2D eigenvalue weighted by Crippen LogP contribution is -1.90. The molecule has 2 aromatic heterocycles. The molecule has 2 heterocycles. The molecule has 6 heteroatoms. The van der Waals surface area contributed by atoms with Crippen molar-refractivity contribution in [2.24, 2.45) is 7.05 Å². The highest BCUT2D eigenvalue weighted by Crippen LogP contribution is 2.16. The Kier molecular flexibility index (Phi) is 2.75. The van der Waals surface area contributed by atoms with E-state index in [1.807, 2.05) is 37.5 Å². The molecule has 6 nitrogen and oxygen atoms in total. The second kappa shape index (κ2) is 4.56. The average molecular weight is 255 g/mol. The highest BCUT2D eigenvalue weighted by atomic mass is 16.5. The third-order valence-corrected chi connectivity index (χ3v) is 2.77. The van der Waals surface area contributed by atoms with Gasteiger partial charge in [-0.1, -0.05) is 17.3 Å². The van der Waals surface area contributed by atoms with Crippen molar-refractivity contribution < 1.29 is 4.52 Å². The Hall–Kier alpha value is -2.63. The van der Waals surface area contributed by atoms with Crippen LogP contribution >= 0.6 is 0 Å². The first-order chi connectivity index (χ1) is 9.20. The normalized spacial score (nSPS) is 10.8. The number of rotatable bonds is 3. The number of nitrogen functional groups attached to an aromatic ring is 1. The predicted octanol–water partition coefficient (Wildman–Crippen LogP) is 1.64. The Morgan fingerprint density at radius 3 is 2.74 bits per heavy atom. The van der Waals surface area contributed by atoms with Gasteiger partial charge in [0.25, 0.3) is 0 Å². The number of hydrogen-bond acceptors (Lipinski definition) is 5. The predicted molar refractivity (Wildman–Crippen MR) is 70.2 cm³/mol. The molecule has 0 aliphatic carbocycles. The van der Waals surface area contributed by atoms with Gasteiger partial charge >= 0.3 is 0 Å². The summed E-state index contributed by atoms with van der Waals surface area (Å²) >= 11 is 0. The molecule has 3 aromatic rings. The smallest absolute Gasteiger partial charge is 0.231 e. The van der Waals surface area contributed by atoms with Gasteiger partial charge in [-0.15, -0.1) is 0 Å². The second-order valence-corrected chi connectivity index (χ2v) is 4.33. The molecule has 0 amide bonds. The summed E-state index contributed by atoms with van der Waals surface area (Å²) in [5.74, 6) is 1.13. The van der Waals surface area contributed by atoms with Crippen LogP contribution in [0.4, 0.5) is 5.69 Å². The maximum Gasteiger partial charge on any atom is 0.231 e. The maximum absolute atomic E-state index is 5.64. The largest absolute Gasteiger partial charge is 0.399 e. The van der Waals surface area contributed by atoms with Gasteiger partial charge in [0, 0.05) is 18.9 Å². The molecular weight excluding hydrogens is 242 g/mol. The third-order valence-electron chi connectivity index (χ3n) is 2.77. The standard InChI is InChI=1S/C13H13N5O/c1-18-8-10(7-15-18)13-16-12(19-17-13)6-9-2-4-11(14)5-3-9/h2-5,7-8H,6,14H2,1H3. The maximum atomic E-state index is 5.64. The molecule has 96 valence electrons. The van der Waals surface area contributed by atoms with E-state index in [1.165, 1.54) is 0 Å². The summed E-state index contributed by atoms with van der Waals surface area (Å²) in [7, 11) is 1.85. The van der Waals surface area contributed by atoms with Crippen LogP contribution in [0.1, 0.15) is 11.5 Å². The van der Waals surface area contributed by atoms with Gasteiger partial charge in [0.15, 0.2) is 0 Å². The van der Waals surface area contributed by atoms with Crippen molar-refractivity contribution in [3.05, 3.63) is 48.1 Å². The van der Waals surface area contributed by atoms with Gasteiger partial charge in [-0.2, -0.15) is 10.1 Å². The van der Waals surface area contributed by atoms with E-state index in [0.717, 1.165) is 16.8 Å². The molecule has 0 atom stereocenters. The molecule has 0 spiro atoms. The average Bonchev–Trinajstić information content (AvgIpc) is 3.01. The quantitative estimate of drug-likeness (QED) is 0.719. The van der Waals surface area contributed by atoms with E-state index < -0.39 is 0 Å². The van der Waals surface area contributed by atoms with Crippen LogP contribution in [-0.4, -0.2) is 19.9 Å². The monoisotopic (exact) mass is 255 g/mol. The zero-order valence-electron chi connectivity index (χ0n) is 10.4. The van der Waals surface area contributed by atoms with Crippen LogP contribution in [0.5, 0.6) is 0 Å². The van der Waals surface area contributed by atoms with E-state index in [4.69, 9.17) is 10.3 Å². The van der Waals surface area contributed by atoms with Crippen LogP contribution in [0.2, 0.25) is 0 Å². The van der Waals surface area contributed by atoms with Gasteiger partial charge in [0.1, 0.15) is 0 Å². The van der Waals surface area contributed by atoms with Gasteiger partial charge in [-0.25, -0.2) is 0 Å². The minimum atomic E-state index is 0.554. The summed E-state index contributed by atoms with van der Waals surface area (Å²) in [4.78, 5) is 4.35. The van der Waals surface area contributed by atoms with Gasteiger partial charge in [0.2, 0.25) is 11.7 Å². The number of nitrogens with zero attached hydrogens (tertiary/aromatic N) is 4. The van der Waals surface area contributed by atoms with Crippen LogP contribution in [-0.2, 0) is 13.5 Å². The first-order valence-corrected chi connectivity index (χ1v) is 5.87. The molecule has 2 N–H and O–H groups in total. The summed E-state index contributed by atoms with van der Waals surface area (Å²) in [5, 5.41) is 8.03. The second-order valence-electron chi connectivity index (χ2n) is 4.33. The van der Waals surface area contributed by atoms with Crippen molar-refractivity contribution in [2.75, 3.05) is 5.73 Å². The highest BCUT2D eigenvalue weighted by molar-refractivity contribution is 5.51. The molecule has 0 saturated heterocycles. The van der Waals surface area contributed by atoms with E-state index in [-0.39, 0.29) is 0 Å². The lowest BCUT2D eigenvalue weighted by molar-refractivity contribution is 0.385. The summed E-state index contributed by atoms with van der Waals surface area (Å²) in [6.45, 7) is 0. The fourth-order valence-corrected chi connectivity index (χ4v) is 1.79. The van der Waals surface area contributed by atoms with Crippen molar-refractivity contribution in [2.45, 2.75) is 6.42 Å². The Labute approximate surface area is 109 Å². The molecule has 0 saturated carbocycles. The number of aryl methyl sites for hydroxylation is 1. The van der Waals surface area contributed by atoms with E-state index in [9.17, 15) is 0 Å². The van der Waals surface area contributed by atoms with Crippen LogP contribution in [0.25, 0.3) is 11.4 Å². The van der Waals surface area contributed by atoms with Crippen LogP contribution in [0.3, 0.4) is 0 Å². The van der Waals surface area contributed by atoms with Gasteiger partial charge in [0.05, 0.1) is 18.2 Å². The van der Waals surface area contributed by atoms with Gasteiger partial charge < -0.3 is 10.3 Å². The number of anilines is 1. The third kappa shape index (κ3) is 2.47. The van der Waals surface area contributed by atoms with Gasteiger partial charge in [-0.05, 0) is 17.7 Å². The molecule has 0 radical (unpaired) electrons. The summed E-state index contributed by atoms with van der Waals surface area (Å²) in [6.07, 6.45) is 4.14. The van der Waals surface area contributed by atoms with Crippen LogP contribution in [0.15, 0.2) is 41.2 Å². The Balaban J connectivity index is 1.80. The minimum absolute atomic E-state index is 0.554. The summed E-state index contributed by atoms with van der Waals surface area (Å²) in [5.41, 5.74) is 8.30. The Morgan fingerprint density at radius 2 is 2.05 bits per heavy atom. The highest BCUT2D eigenvalue weighted by Gasteiger charge is 2.10. The fourth-order valence-electron chi connectivity index (χ4n) is 1.79. The number of nitrogens with two attached hydrogens (primary N) is 1. The molecule has 3 rings (SSSR count). The minimum Gasteiger partial charge on any atom is -0.399 e. The lowest BCUT2D eigenvalue weighted by Gasteiger charge is -1.96. The first kappa shape index (κ1) is 11.5. The van der Waals surface area contributed by atoms with Crippen LogP contribution in [0, 0.1) is 0 Å². The van der Waals surface area contributed by atoms with Crippen molar-refractivity contribution in [3.8, 4) is 11.4 Å². The van der Waals surface area contributed by atoms with E-state index >= 15 is 0 Å². The summed E-state index contributed by atoms with van der Waals surface area (Å²) < 4.78 is 6.93. The summed E-state index contributed by atoms with van der Waals surface area (Å²) in [6, 6.07) is 7.61. The first-order valence-electron chi connectivity index (χ1n) is 5.87. The molecule has 1 aromatic carbocycles. The van der Waals surface area contributed by atoms with Gasteiger partial charge in [-0.3, -0.25) is 4.68 Å². The van der Waals surface area contributed by atoms with Crippen molar-refractivity contribution in [1.82, 2.24) is 19.9 Å². The molecular formula is C13H13N5O. The Morgan fingerprint density at radius 1 is 1.26 bits per heavy atom. The molecule has 0 bridgehead atoms. The molecule has 19 heavy (non-hydrogen) atoms. The van der Waals surface area contributed by atoms with Crippen molar-refractivity contribution >= 4 is 5.69 Å².